The van der Waals surface area contributed by atoms with Crippen LogP contribution in [0, 0.1) is 0 Å². The maximum absolute atomic E-state index is 12.6. The van der Waals surface area contributed by atoms with Crippen molar-refractivity contribution in [1.29, 1.82) is 0 Å². The van der Waals surface area contributed by atoms with Crippen molar-refractivity contribution in [3.63, 3.8) is 0 Å². The van der Waals surface area contributed by atoms with Crippen LogP contribution in [0.3, 0.4) is 0 Å². The Bertz CT molecular complexity index is 1050. The van der Waals surface area contributed by atoms with E-state index in [0.717, 1.165) is 5.56 Å². The molecule has 0 radical (unpaired) electrons. The Hall–Kier alpha value is -2.83. The van der Waals surface area contributed by atoms with E-state index >= 15 is 0 Å². The van der Waals surface area contributed by atoms with E-state index in [2.05, 4.69) is 10.0 Å². The van der Waals surface area contributed by atoms with Gasteiger partial charge in [-0.2, -0.15) is 0 Å². The van der Waals surface area contributed by atoms with Gasteiger partial charge in [0.25, 0.3) is 15.9 Å². The fourth-order valence-corrected chi connectivity index (χ4v) is 3.86. The van der Waals surface area contributed by atoms with Gasteiger partial charge < -0.3 is 5.32 Å². The molecule has 0 saturated carbocycles. The van der Waals surface area contributed by atoms with Gasteiger partial charge >= 0.3 is 0 Å². The molecule has 3 rings (SSSR count). The first-order chi connectivity index (χ1) is 13.0. The van der Waals surface area contributed by atoms with Gasteiger partial charge in [0, 0.05) is 11.6 Å². The van der Waals surface area contributed by atoms with Gasteiger partial charge in [-0.1, -0.05) is 60.1 Å². The van der Waals surface area contributed by atoms with Gasteiger partial charge in [0.05, 0.1) is 16.1 Å². The standard InChI is InChI=1S/C20H17ClN2O3S/c21-16-9-6-10-17(13-16)27(25,26)23-19-12-5-4-11-18(19)20(24)22-14-15-7-2-1-3-8-15/h1-13,23H,14H2,(H,22,24). The fourth-order valence-electron chi connectivity index (χ4n) is 2.48. The number of benzene rings is 3. The number of para-hydroxylation sites is 1. The van der Waals surface area contributed by atoms with Crippen molar-refractivity contribution < 1.29 is 13.2 Å². The van der Waals surface area contributed by atoms with Crippen LogP contribution in [-0.2, 0) is 16.6 Å². The topological polar surface area (TPSA) is 75.3 Å². The van der Waals surface area contributed by atoms with E-state index in [1.807, 2.05) is 30.3 Å². The van der Waals surface area contributed by atoms with Crippen LogP contribution in [0.1, 0.15) is 15.9 Å². The molecule has 0 aliphatic rings. The summed E-state index contributed by atoms with van der Waals surface area (Å²) in [6, 6.07) is 21.8. The van der Waals surface area contributed by atoms with E-state index in [1.165, 1.54) is 12.1 Å². The van der Waals surface area contributed by atoms with Crippen LogP contribution in [-0.4, -0.2) is 14.3 Å². The molecule has 2 N–H and O–H groups in total. The van der Waals surface area contributed by atoms with Crippen molar-refractivity contribution in [3.05, 3.63) is 95.0 Å². The van der Waals surface area contributed by atoms with Crippen molar-refractivity contribution in [1.82, 2.24) is 5.32 Å². The highest BCUT2D eigenvalue weighted by atomic mass is 35.5. The first-order valence-corrected chi connectivity index (χ1v) is 10.0. The van der Waals surface area contributed by atoms with Crippen LogP contribution in [0.25, 0.3) is 0 Å². The maximum atomic E-state index is 12.6. The summed E-state index contributed by atoms with van der Waals surface area (Å²) in [5, 5.41) is 3.11. The predicted octanol–water partition coefficient (Wildman–Crippen LogP) is 4.07. The molecule has 0 heterocycles. The Balaban J connectivity index is 1.80. The third-order valence-corrected chi connectivity index (χ3v) is 5.42. The maximum Gasteiger partial charge on any atom is 0.261 e. The van der Waals surface area contributed by atoms with Crippen molar-refractivity contribution >= 4 is 33.2 Å². The molecule has 3 aromatic carbocycles. The van der Waals surface area contributed by atoms with Gasteiger partial charge in [0.15, 0.2) is 0 Å². The van der Waals surface area contributed by atoms with E-state index in [-0.39, 0.29) is 22.1 Å². The zero-order valence-corrected chi connectivity index (χ0v) is 15.8. The van der Waals surface area contributed by atoms with Gasteiger partial charge in [-0.15, -0.1) is 0 Å². The highest BCUT2D eigenvalue weighted by Gasteiger charge is 2.18. The molecular weight excluding hydrogens is 384 g/mol. The summed E-state index contributed by atoms with van der Waals surface area (Å²) < 4.78 is 27.7. The largest absolute Gasteiger partial charge is 0.348 e. The zero-order chi connectivity index (χ0) is 19.3. The minimum atomic E-state index is -3.87. The third kappa shape index (κ3) is 4.87. The highest BCUT2D eigenvalue weighted by Crippen LogP contribution is 2.22. The third-order valence-electron chi connectivity index (χ3n) is 3.82. The Kier molecular flexibility index (Phi) is 5.78. The van der Waals surface area contributed by atoms with Gasteiger partial charge in [-0.05, 0) is 35.9 Å². The molecule has 5 nitrogen and oxygen atoms in total. The summed E-state index contributed by atoms with van der Waals surface area (Å²) in [6.45, 7) is 0.342. The van der Waals surface area contributed by atoms with Crippen molar-refractivity contribution in [2.45, 2.75) is 11.4 Å². The summed E-state index contributed by atoms with van der Waals surface area (Å²) >= 11 is 5.88. The second-order valence-electron chi connectivity index (χ2n) is 5.78. The number of amides is 1. The van der Waals surface area contributed by atoms with Crippen molar-refractivity contribution in [3.8, 4) is 0 Å². The number of sulfonamides is 1. The van der Waals surface area contributed by atoms with Crippen LogP contribution < -0.4 is 10.0 Å². The Morgan fingerprint density at radius 3 is 2.33 bits per heavy atom. The highest BCUT2D eigenvalue weighted by molar-refractivity contribution is 7.92. The van der Waals surface area contributed by atoms with Gasteiger partial charge in [0.2, 0.25) is 0 Å². The molecule has 0 aliphatic carbocycles. The summed E-state index contributed by atoms with van der Waals surface area (Å²) in [5.74, 6) is -0.372. The molecule has 1 amide bonds. The van der Waals surface area contributed by atoms with E-state index in [4.69, 9.17) is 11.6 Å². The second-order valence-corrected chi connectivity index (χ2v) is 7.90. The number of nitrogens with one attached hydrogen (secondary N) is 2. The molecule has 0 fully saturated rings. The zero-order valence-electron chi connectivity index (χ0n) is 14.2. The summed E-state index contributed by atoms with van der Waals surface area (Å²) in [4.78, 5) is 12.6. The molecule has 0 unspecified atom stereocenters. The normalized spacial score (nSPS) is 11.0. The lowest BCUT2D eigenvalue weighted by molar-refractivity contribution is 0.0952. The first-order valence-electron chi connectivity index (χ1n) is 8.15. The minimum absolute atomic E-state index is 0.0227. The number of rotatable bonds is 6. The van der Waals surface area contributed by atoms with E-state index < -0.39 is 10.0 Å². The van der Waals surface area contributed by atoms with Crippen LogP contribution in [0.5, 0.6) is 0 Å². The lowest BCUT2D eigenvalue weighted by Gasteiger charge is -2.13. The molecule has 0 spiro atoms. The monoisotopic (exact) mass is 400 g/mol. The van der Waals surface area contributed by atoms with E-state index in [1.54, 1.807) is 36.4 Å². The Morgan fingerprint density at radius 2 is 1.59 bits per heavy atom. The smallest absolute Gasteiger partial charge is 0.261 e. The molecule has 3 aromatic rings. The molecule has 0 atom stereocenters. The lowest BCUT2D eigenvalue weighted by atomic mass is 10.1. The molecule has 0 bridgehead atoms. The van der Waals surface area contributed by atoms with Gasteiger partial charge in [0.1, 0.15) is 0 Å². The number of carbonyl (C=O) groups excluding carboxylic acids is 1. The number of carbonyl (C=O) groups is 1. The van der Waals surface area contributed by atoms with Crippen molar-refractivity contribution in [2.24, 2.45) is 0 Å². The van der Waals surface area contributed by atoms with Gasteiger partial charge in [-0.3, -0.25) is 9.52 Å². The van der Waals surface area contributed by atoms with E-state index in [0.29, 0.717) is 11.6 Å². The predicted molar refractivity (Wildman–Crippen MR) is 106 cm³/mol. The molecule has 138 valence electrons. The van der Waals surface area contributed by atoms with Crippen molar-refractivity contribution in [2.75, 3.05) is 4.72 Å². The molecule has 7 heteroatoms. The molecule has 0 aromatic heterocycles. The van der Waals surface area contributed by atoms with Gasteiger partial charge in [-0.25, -0.2) is 8.42 Å². The second kappa shape index (κ2) is 8.24. The number of hydrogen-bond donors (Lipinski definition) is 2. The van der Waals surface area contributed by atoms with Crippen LogP contribution in [0.2, 0.25) is 5.02 Å². The Morgan fingerprint density at radius 1 is 0.889 bits per heavy atom. The average Bonchev–Trinajstić information content (AvgIpc) is 2.67. The first kappa shape index (κ1) is 18.9. The summed E-state index contributed by atoms with van der Waals surface area (Å²) in [6.07, 6.45) is 0. The van der Waals surface area contributed by atoms with Crippen LogP contribution >= 0.6 is 11.6 Å². The quantitative estimate of drug-likeness (QED) is 0.654. The average molecular weight is 401 g/mol. The molecule has 27 heavy (non-hydrogen) atoms. The number of halogens is 1. The SMILES string of the molecule is O=C(NCc1ccccc1)c1ccccc1NS(=O)(=O)c1cccc(Cl)c1. The van der Waals surface area contributed by atoms with Crippen LogP contribution in [0.4, 0.5) is 5.69 Å². The Labute approximate surface area is 163 Å². The summed E-state index contributed by atoms with van der Waals surface area (Å²) in [5.41, 5.74) is 1.38. The minimum Gasteiger partial charge on any atom is -0.348 e. The lowest BCUT2D eigenvalue weighted by Crippen LogP contribution is -2.25. The van der Waals surface area contributed by atoms with Crippen LogP contribution in [0.15, 0.2) is 83.8 Å². The van der Waals surface area contributed by atoms with E-state index in [9.17, 15) is 13.2 Å². The molecule has 0 saturated heterocycles. The molecule has 0 aliphatic heterocycles. The summed E-state index contributed by atoms with van der Waals surface area (Å²) in [7, 11) is -3.87. The fraction of sp³-hybridized carbons (Fsp3) is 0.0500. The molecular formula is C20H17ClN2O3S. The number of hydrogen-bond acceptors (Lipinski definition) is 3. The number of anilines is 1.